The Bertz CT molecular complexity index is 180. The average Bonchev–Trinajstić information content (AvgIpc) is 2.64. The van der Waals surface area contributed by atoms with E-state index in [-0.39, 0.29) is 0 Å². The standard InChI is InChI=1S/C12H26N2O2/c1-14(2)8-10-16-9-7-13-11-12(15)5-3-4-6-12/h13,15H,3-11H2,1-2H3. The van der Waals surface area contributed by atoms with Crippen molar-refractivity contribution in [1.82, 2.24) is 10.2 Å². The van der Waals surface area contributed by atoms with Crippen LogP contribution in [0.4, 0.5) is 0 Å². The van der Waals surface area contributed by atoms with Gasteiger partial charge in [0.15, 0.2) is 0 Å². The molecule has 1 aliphatic carbocycles. The zero-order chi connectivity index (χ0) is 11.9. The Labute approximate surface area is 99.0 Å². The van der Waals surface area contributed by atoms with Crippen LogP contribution in [-0.4, -0.2) is 62.6 Å². The van der Waals surface area contributed by atoms with Crippen LogP contribution in [-0.2, 0) is 4.74 Å². The summed E-state index contributed by atoms with van der Waals surface area (Å²) in [6.45, 7) is 4.01. The Morgan fingerprint density at radius 1 is 1.25 bits per heavy atom. The second-order valence-electron chi connectivity index (χ2n) is 5.02. The lowest BCUT2D eigenvalue weighted by Crippen LogP contribution is -2.39. The minimum absolute atomic E-state index is 0.441. The minimum atomic E-state index is -0.441. The first-order chi connectivity index (χ1) is 7.62. The Morgan fingerprint density at radius 2 is 1.94 bits per heavy atom. The number of nitrogens with one attached hydrogen (secondary N) is 1. The molecule has 4 heteroatoms. The number of likely N-dealkylation sites (N-methyl/N-ethyl adjacent to an activating group) is 1. The second kappa shape index (κ2) is 7.22. The highest BCUT2D eigenvalue weighted by atomic mass is 16.5. The quantitative estimate of drug-likeness (QED) is 0.595. The van der Waals surface area contributed by atoms with Crippen LogP contribution in [0.5, 0.6) is 0 Å². The molecule has 0 aromatic carbocycles. The number of nitrogens with zero attached hydrogens (tertiary/aromatic N) is 1. The fourth-order valence-electron chi connectivity index (χ4n) is 2.02. The number of hydrogen-bond donors (Lipinski definition) is 2. The molecule has 4 nitrogen and oxygen atoms in total. The highest BCUT2D eigenvalue weighted by Crippen LogP contribution is 2.28. The number of hydrogen-bond acceptors (Lipinski definition) is 4. The maximum Gasteiger partial charge on any atom is 0.0771 e. The van der Waals surface area contributed by atoms with Crippen molar-refractivity contribution in [3.8, 4) is 0 Å². The molecule has 0 atom stereocenters. The SMILES string of the molecule is CN(C)CCOCCNCC1(O)CCCC1. The molecule has 0 spiro atoms. The molecule has 0 radical (unpaired) electrons. The largest absolute Gasteiger partial charge is 0.389 e. The summed E-state index contributed by atoms with van der Waals surface area (Å²) in [6.07, 6.45) is 4.22. The first kappa shape index (κ1) is 13.9. The molecule has 0 saturated heterocycles. The van der Waals surface area contributed by atoms with E-state index in [1.807, 2.05) is 14.1 Å². The molecule has 1 fully saturated rings. The van der Waals surface area contributed by atoms with Gasteiger partial charge in [-0.05, 0) is 26.9 Å². The van der Waals surface area contributed by atoms with Crippen LogP contribution in [0, 0.1) is 0 Å². The molecule has 0 aliphatic heterocycles. The lowest BCUT2D eigenvalue weighted by molar-refractivity contribution is 0.0443. The third-order valence-electron chi connectivity index (χ3n) is 3.09. The predicted octanol–water partition coefficient (Wildman–Crippen LogP) is 0.459. The molecule has 0 aromatic rings. The highest BCUT2D eigenvalue weighted by molar-refractivity contribution is 4.85. The molecule has 0 unspecified atom stereocenters. The van der Waals surface area contributed by atoms with Crippen molar-refractivity contribution in [3.63, 3.8) is 0 Å². The zero-order valence-corrected chi connectivity index (χ0v) is 10.7. The highest BCUT2D eigenvalue weighted by Gasteiger charge is 2.30. The van der Waals surface area contributed by atoms with E-state index < -0.39 is 5.60 Å². The molecular weight excluding hydrogens is 204 g/mol. The number of rotatable bonds is 8. The van der Waals surface area contributed by atoms with E-state index in [1.165, 1.54) is 0 Å². The van der Waals surface area contributed by atoms with Gasteiger partial charge in [-0.15, -0.1) is 0 Å². The summed E-state index contributed by atoms with van der Waals surface area (Å²) < 4.78 is 5.46. The van der Waals surface area contributed by atoms with Crippen molar-refractivity contribution < 1.29 is 9.84 Å². The third-order valence-corrected chi connectivity index (χ3v) is 3.09. The first-order valence-electron chi connectivity index (χ1n) is 6.28. The molecule has 1 saturated carbocycles. The average molecular weight is 230 g/mol. The zero-order valence-electron chi connectivity index (χ0n) is 10.7. The van der Waals surface area contributed by atoms with E-state index in [9.17, 15) is 5.11 Å². The van der Waals surface area contributed by atoms with Crippen molar-refractivity contribution >= 4 is 0 Å². The van der Waals surface area contributed by atoms with E-state index in [0.717, 1.165) is 52.0 Å². The van der Waals surface area contributed by atoms with Crippen LogP contribution >= 0.6 is 0 Å². The van der Waals surface area contributed by atoms with Gasteiger partial charge in [0.2, 0.25) is 0 Å². The molecule has 1 aliphatic rings. The summed E-state index contributed by atoms with van der Waals surface area (Å²) in [5.41, 5.74) is -0.441. The van der Waals surface area contributed by atoms with Gasteiger partial charge in [0, 0.05) is 19.6 Å². The van der Waals surface area contributed by atoms with Gasteiger partial charge in [0.25, 0.3) is 0 Å². The molecule has 2 N–H and O–H groups in total. The Balaban J connectivity index is 1.88. The summed E-state index contributed by atoms with van der Waals surface area (Å²) in [5, 5.41) is 13.3. The molecule has 0 bridgehead atoms. The molecule has 0 heterocycles. The van der Waals surface area contributed by atoms with Gasteiger partial charge in [-0.1, -0.05) is 12.8 Å². The molecule has 16 heavy (non-hydrogen) atoms. The number of aliphatic hydroxyl groups is 1. The van der Waals surface area contributed by atoms with E-state index >= 15 is 0 Å². The van der Waals surface area contributed by atoms with Crippen molar-refractivity contribution in [3.05, 3.63) is 0 Å². The van der Waals surface area contributed by atoms with Gasteiger partial charge in [0.1, 0.15) is 0 Å². The third kappa shape index (κ3) is 5.80. The van der Waals surface area contributed by atoms with Gasteiger partial charge in [-0.25, -0.2) is 0 Å². The Kier molecular flexibility index (Phi) is 6.28. The molecular formula is C12H26N2O2. The fourth-order valence-corrected chi connectivity index (χ4v) is 2.02. The minimum Gasteiger partial charge on any atom is -0.389 e. The summed E-state index contributed by atoms with van der Waals surface area (Å²) in [4.78, 5) is 2.11. The summed E-state index contributed by atoms with van der Waals surface area (Å²) >= 11 is 0. The summed E-state index contributed by atoms with van der Waals surface area (Å²) in [5.74, 6) is 0. The summed E-state index contributed by atoms with van der Waals surface area (Å²) in [6, 6.07) is 0. The van der Waals surface area contributed by atoms with Gasteiger partial charge >= 0.3 is 0 Å². The fraction of sp³-hybridized carbons (Fsp3) is 1.00. The molecule has 0 amide bonds. The van der Waals surface area contributed by atoms with Crippen LogP contribution < -0.4 is 5.32 Å². The number of ether oxygens (including phenoxy) is 1. The van der Waals surface area contributed by atoms with E-state index in [2.05, 4.69) is 10.2 Å². The van der Waals surface area contributed by atoms with Crippen LogP contribution in [0.2, 0.25) is 0 Å². The van der Waals surface area contributed by atoms with Gasteiger partial charge in [-0.2, -0.15) is 0 Å². The topological polar surface area (TPSA) is 44.7 Å². The Hall–Kier alpha value is -0.160. The van der Waals surface area contributed by atoms with Crippen LogP contribution in [0.15, 0.2) is 0 Å². The van der Waals surface area contributed by atoms with Crippen molar-refractivity contribution in [2.75, 3.05) is 46.9 Å². The first-order valence-corrected chi connectivity index (χ1v) is 6.28. The van der Waals surface area contributed by atoms with Crippen molar-refractivity contribution in [2.45, 2.75) is 31.3 Å². The molecule has 1 rings (SSSR count). The molecule has 96 valence electrons. The maximum absolute atomic E-state index is 10.1. The van der Waals surface area contributed by atoms with E-state index in [0.29, 0.717) is 6.54 Å². The van der Waals surface area contributed by atoms with Crippen LogP contribution in [0.3, 0.4) is 0 Å². The monoisotopic (exact) mass is 230 g/mol. The van der Waals surface area contributed by atoms with Crippen molar-refractivity contribution in [1.29, 1.82) is 0 Å². The predicted molar refractivity (Wildman–Crippen MR) is 65.7 cm³/mol. The normalized spacial score (nSPS) is 19.5. The lowest BCUT2D eigenvalue weighted by Gasteiger charge is -2.22. The van der Waals surface area contributed by atoms with Gasteiger partial charge in [0.05, 0.1) is 18.8 Å². The van der Waals surface area contributed by atoms with Gasteiger partial charge in [-0.3, -0.25) is 0 Å². The maximum atomic E-state index is 10.1. The summed E-state index contributed by atoms with van der Waals surface area (Å²) in [7, 11) is 4.08. The Morgan fingerprint density at radius 3 is 2.56 bits per heavy atom. The van der Waals surface area contributed by atoms with Gasteiger partial charge < -0.3 is 20.1 Å². The van der Waals surface area contributed by atoms with E-state index in [1.54, 1.807) is 0 Å². The van der Waals surface area contributed by atoms with Crippen molar-refractivity contribution in [2.24, 2.45) is 0 Å². The second-order valence-corrected chi connectivity index (χ2v) is 5.02. The smallest absolute Gasteiger partial charge is 0.0771 e. The van der Waals surface area contributed by atoms with E-state index in [4.69, 9.17) is 4.74 Å². The van der Waals surface area contributed by atoms with Crippen LogP contribution in [0.25, 0.3) is 0 Å². The lowest BCUT2D eigenvalue weighted by atomic mass is 10.0. The molecule has 0 aromatic heterocycles. The van der Waals surface area contributed by atoms with Crippen LogP contribution in [0.1, 0.15) is 25.7 Å².